The highest BCUT2D eigenvalue weighted by Gasteiger charge is 2.19. The van der Waals surface area contributed by atoms with Gasteiger partial charge in [0.1, 0.15) is 18.1 Å². The first-order chi connectivity index (χ1) is 13.6. The molecule has 0 N–H and O–H groups in total. The Hall–Kier alpha value is -2.35. The number of rotatable bonds is 7. The number of carbonyl (C=O) groups is 1. The van der Waals surface area contributed by atoms with Crippen LogP contribution in [0, 0.1) is 6.92 Å². The van der Waals surface area contributed by atoms with Gasteiger partial charge in [0.25, 0.3) is 0 Å². The second-order valence-corrected chi connectivity index (χ2v) is 8.50. The van der Waals surface area contributed by atoms with Crippen molar-refractivity contribution in [2.45, 2.75) is 71.3 Å². The fraction of sp³-hybridized carbons (Fsp3) is 0.423. The van der Waals surface area contributed by atoms with Gasteiger partial charge in [0.2, 0.25) is 0 Å². The van der Waals surface area contributed by atoms with Crippen molar-refractivity contribution in [3.05, 3.63) is 69.8 Å². The van der Waals surface area contributed by atoms with Crippen molar-refractivity contribution in [1.82, 2.24) is 0 Å². The summed E-state index contributed by atoms with van der Waals surface area (Å²) in [6.07, 6.45) is 10.1. The van der Waals surface area contributed by atoms with E-state index in [9.17, 15) is 4.79 Å². The van der Waals surface area contributed by atoms with Crippen LogP contribution >= 0.6 is 0 Å². The van der Waals surface area contributed by atoms with E-state index in [1.807, 2.05) is 0 Å². The van der Waals surface area contributed by atoms with E-state index < -0.39 is 0 Å². The molecule has 2 aliphatic carbocycles. The largest absolute Gasteiger partial charge is 0.489 e. The van der Waals surface area contributed by atoms with Gasteiger partial charge in [-0.05, 0) is 85.4 Å². The van der Waals surface area contributed by atoms with Gasteiger partial charge < -0.3 is 9.53 Å². The number of ether oxygens (including phenoxy) is 1. The summed E-state index contributed by atoms with van der Waals surface area (Å²) in [6.45, 7) is 4.51. The maximum Gasteiger partial charge on any atom is 0.130 e. The highest BCUT2D eigenvalue weighted by atomic mass is 16.5. The molecule has 0 saturated heterocycles. The van der Waals surface area contributed by atoms with E-state index in [-0.39, 0.29) is 5.78 Å². The van der Waals surface area contributed by atoms with Crippen LogP contribution in [0.1, 0.15) is 79.2 Å². The monoisotopic (exact) mass is 374 g/mol. The van der Waals surface area contributed by atoms with Gasteiger partial charge in [0.15, 0.2) is 0 Å². The van der Waals surface area contributed by atoms with Gasteiger partial charge in [-0.15, -0.1) is 0 Å². The van der Waals surface area contributed by atoms with Gasteiger partial charge >= 0.3 is 0 Å². The van der Waals surface area contributed by atoms with Crippen molar-refractivity contribution in [2.24, 2.45) is 0 Å². The zero-order valence-electron chi connectivity index (χ0n) is 17.1. The molecule has 0 heterocycles. The quantitative estimate of drug-likeness (QED) is 0.550. The summed E-state index contributed by atoms with van der Waals surface area (Å²) in [5, 5.41) is 0. The molecule has 28 heavy (non-hydrogen) atoms. The Labute approximate surface area is 168 Å². The SMILES string of the molecule is CC(=O)CCC1=Cc2ccc(OCc3ccc(C4CCCC4)c(C)c3)cc2C1. The zero-order chi connectivity index (χ0) is 19.5. The molecule has 0 aliphatic heterocycles. The highest BCUT2D eigenvalue weighted by molar-refractivity contribution is 5.76. The standard InChI is InChI=1S/C26H30O2/c1-18-13-21(9-12-26(18)22-5-3-4-6-22)17-28-25-11-10-23-14-20(8-7-19(2)27)15-24(23)16-25/h9-14,16,22H,3-8,15,17H2,1-2H3. The molecule has 146 valence electrons. The number of benzene rings is 2. The number of hydrogen-bond donors (Lipinski definition) is 0. The summed E-state index contributed by atoms with van der Waals surface area (Å²) in [7, 11) is 0. The Morgan fingerprint density at radius 2 is 1.93 bits per heavy atom. The molecule has 0 bridgehead atoms. The Morgan fingerprint density at radius 1 is 1.11 bits per heavy atom. The summed E-state index contributed by atoms with van der Waals surface area (Å²) in [6, 6.07) is 13.2. The molecular weight excluding hydrogens is 344 g/mol. The van der Waals surface area contributed by atoms with Gasteiger partial charge in [-0.2, -0.15) is 0 Å². The fourth-order valence-electron chi connectivity index (χ4n) is 4.67. The molecule has 0 atom stereocenters. The Balaban J connectivity index is 1.36. The van der Waals surface area contributed by atoms with Crippen molar-refractivity contribution < 1.29 is 9.53 Å². The van der Waals surface area contributed by atoms with Crippen LogP contribution in [0.25, 0.3) is 6.08 Å². The number of hydrogen-bond acceptors (Lipinski definition) is 2. The Kier molecular flexibility index (Phi) is 5.66. The normalized spacial score (nSPS) is 16.1. The van der Waals surface area contributed by atoms with E-state index in [0.29, 0.717) is 13.0 Å². The van der Waals surface area contributed by atoms with Crippen molar-refractivity contribution in [3.8, 4) is 5.75 Å². The van der Waals surface area contributed by atoms with E-state index >= 15 is 0 Å². The fourth-order valence-corrected chi connectivity index (χ4v) is 4.67. The molecule has 0 spiro atoms. The third-order valence-electron chi connectivity index (χ3n) is 6.22. The summed E-state index contributed by atoms with van der Waals surface area (Å²) in [5.74, 6) is 1.95. The minimum atomic E-state index is 0.259. The molecule has 0 radical (unpaired) electrons. The van der Waals surface area contributed by atoms with Gasteiger partial charge in [0, 0.05) is 6.42 Å². The molecule has 2 nitrogen and oxygen atoms in total. The first-order valence-electron chi connectivity index (χ1n) is 10.6. The average Bonchev–Trinajstić information content (AvgIpc) is 3.34. The van der Waals surface area contributed by atoms with Crippen LogP contribution in [0.4, 0.5) is 0 Å². The predicted octanol–water partition coefficient (Wildman–Crippen LogP) is 6.54. The van der Waals surface area contributed by atoms with Crippen LogP contribution in [-0.2, 0) is 17.8 Å². The van der Waals surface area contributed by atoms with Crippen molar-refractivity contribution in [3.63, 3.8) is 0 Å². The van der Waals surface area contributed by atoms with Crippen molar-refractivity contribution >= 4 is 11.9 Å². The molecule has 1 saturated carbocycles. The lowest BCUT2D eigenvalue weighted by Crippen LogP contribution is -2.00. The summed E-state index contributed by atoms with van der Waals surface area (Å²) in [4.78, 5) is 11.2. The Bertz CT molecular complexity index is 901. The highest BCUT2D eigenvalue weighted by Crippen LogP contribution is 2.36. The number of Topliss-reactive ketones (excluding diaryl/α,β-unsaturated/α-hetero) is 1. The average molecular weight is 375 g/mol. The number of carbonyl (C=O) groups excluding carboxylic acids is 1. The van der Waals surface area contributed by atoms with E-state index in [0.717, 1.165) is 24.5 Å². The molecule has 2 aromatic rings. The van der Waals surface area contributed by atoms with Crippen molar-refractivity contribution in [1.29, 1.82) is 0 Å². The molecule has 4 rings (SSSR count). The van der Waals surface area contributed by atoms with Crippen LogP contribution < -0.4 is 4.74 Å². The maximum absolute atomic E-state index is 11.2. The minimum Gasteiger partial charge on any atom is -0.489 e. The molecule has 2 aromatic carbocycles. The van der Waals surface area contributed by atoms with Gasteiger partial charge in [-0.3, -0.25) is 0 Å². The number of fused-ring (bicyclic) bond motifs is 1. The van der Waals surface area contributed by atoms with Crippen LogP contribution in [0.2, 0.25) is 0 Å². The number of aryl methyl sites for hydroxylation is 1. The Morgan fingerprint density at radius 3 is 2.68 bits per heavy atom. The molecular formula is C26H30O2. The van der Waals surface area contributed by atoms with E-state index in [1.165, 1.54) is 59.1 Å². The molecule has 0 aromatic heterocycles. The van der Waals surface area contributed by atoms with Crippen LogP contribution in [0.3, 0.4) is 0 Å². The topological polar surface area (TPSA) is 26.3 Å². The smallest absolute Gasteiger partial charge is 0.130 e. The van der Waals surface area contributed by atoms with Crippen LogP contribution in [0.15, 0.2) is 42.0 Å². The van der Waals surface area contributed by atoms with Gasteiger partial charge in [0.05, 0.1) is 0 Å². The summed E-state index contributed by atoms with van der Waals surface area (Å²) >= 11 is 0. The van der Waals surface area contributed by atoms with Crippen LogP contribution in [0.5, 0.6) is 5.75 Å². The van der Waals surface area contributed by atoms with Gasteiger partial charge in [-0.1, -0.05) is 48.8 Å². The number of allylic oxidation sites excluding steroid dienone is 1. The van der Waals surface area contributed by atoms with E-state index in [1.54, 1.807) is 6.92 Å². The first-order valence-corrected chi connectivity index (χ1v) is 10.6. The third-order valence-corrected chi connectivity index (χ3v) is 6.22. The number of ketones is 1. The second kappa shape index (κ2) is 8.34. The third kappa shape index (κ3) is 4.38. The van der Waals surface area contributed by atoms with Crippen molar-refractivity contribution in [2.75, 3.05) is 0 Å². The lowest BCUT2D eigenvalue weighted by molar-refractivity contribution is -0.116. The zero-order valence-corrected chi connectivity index (χ0v) is 17.1. The molecule has 0 amide bonds. The predicted molar refractivity (Wildman–Crippen MR) is 115 cm³/mol. The summed E-state index contributed by atoms with van der Waals surface area (Å²) in [5.41, 5.74) is 8.09. The molecule has 2 aliphatic rings. The molecule has 1 fully saturated rings. The molecule has 0 unspecified atom stereocenters. The first kappa shape index (κ1) is 19.0. The lowest BCUT2D eigenvalue weighted by atomic mass is 9.92. The molecule has 2 heteroatoms. The maximum atomic E-state index is 11.2. The van der Waals surface area contributed by atoms with E-state index in [2.05, 4.69) is 49.4 Å². The van der Waals surface area contributed by atoms with Gasteiger partial charge in [-0.25, -0.2) is 0 Å². The van der Waals surface area contributed by atoms with Crippen LogP contribution in [-0.4, -0.2) is 5.78 Å². The van der Waals surface area contributed by atoms with E-state index in [4.69, 9.17) is 4.74 Å². The second-order valence-electron chi connectivity index (χ2n) is 8.50. The minimum absolute atomic E-state index is 0.259. The lowest BCUT2D eigenvalue weighted by Gasteiger charge is -2.15. The summed E-state index contributed by atoms with van der Waals surface area (Å²) < 4.78 is 6.09.